The summed E-state index contributed by atoms with van der Waals surface area (Å²) in [6, 6.07) is 9.78. The van der Waals surface area contributed by atoms with E-state index in [1.807, 2.05) is 0 Å². The second kappa shape index (κ2) is 15.4. The van der Waals surface area contributed by atoms with Gasteiger partial charge in [0.2, 0.25) is 0 Å². The van der Waals surface area contributed by atoms with Gasteiger partial charge in [0.1, 0.15) is 173 Å². The summed E-state index contributed by atoms with van der Waals surface area (Å²) < 4.78 is 0. The van der Waals surface area contributed by atoms with Gasteiger partial charge in [-0.3, -0.25) is 0 Å². The van der Waals surface area contributed by atoms with Crippen LogP contribution in [0.2, 0.25) is 0 Å². The minimum Gasteiger partial charge on any atom is -0.101 e. The van der Waals surface area contributed by atoms with Crippen molar-refractivity contribution in [1.82, 2.24) is 0 Å². The van der Waals surface area contributed by atoms with E-state index in [0.717, 1.165) is 0 Å². The molecule has 0 saturated heterocycles. The number of rotatable bonds is 3. The zero-order valence-corrected chi connectivity index (χ0v) is 42.3. The molecule has 0 aliphatic rings. The van der Waals surface area contributed by atoms with Gasteiger partial charge < -0.3 is 0 Å². The summed E-state index contributed by atoms with van der Waals surface area (Å²) in [5.41, 5.74) is 39.0. The Morgan fingerprint density at radius 1 is 0.145 bits per heavy atom. The molecule has 0 aliphatic heterocycles. The minimum atomic E-state index is 1.29. The summed E-state index contributed by atoms with van der Waals surface area (Å²) in [4.78, 5) is 0. The van der Waals surface area contributed by atoms with Gasteiger partial charge in [0.15, 0.2) is 0 Å². The maximum Gasteiger partial charge on any atom is 0.139 e. The smallest absolute Gasteiger partial charge is 0.101 e. The fraction of sp³-hybridized carbons (Fsp3) is 0. The summed E-state index contributed by atoms with van der Waals surface area (Å²) in [7, 11) is 51.8. The number of hydrogen-bond donors (Lipinski definition) is 0. The van der Waals surface area contributed by atoms with Gasteiger partial charge in [-0.05, 0) is 76.5 Å². The number of hydrogen-bond acceptors (Lipinski definition) is 0. The third kappa shape index (κ3) is 5.92. The van der Waals surface area contributed by atoms with Gasteiger partial charge in [0.25, 0.3) is 0 Å². The van der Waals surface area contributed by atoms with Gasteiger partial charge in [-0.2, -0.15) is 0 Å². The van der Waals surface area contributed by atoms with Crippen LogP contribution < -0.4 is 120 Å². The van der Waals surface area contributed by atoms with E-state index in [-0.39, 0.29) is 0 Å². The van der Waals surface area contributed by atoms with Gasteiger partial charge in [0.05, 0.1) is 0 Å². The maximum absolute atomic E-state index is 2.46. The van der Waals surface area contributed by atoms with Gasteiger partial charge in [0, 0.05) is 0 Å². The molecule has 0 bridgehead atoms. The van der Waals surface area contributed by atoms with E-state index in [9.17, 15) is 0 Å². The van der Waals surface area contributed by atoms with E-state index in [1.54, 1.807) is 0 Å². The van der Waals surface area contributed by atoms with Crippen LogP contribution in [-0.2, 0) is 0 Å². The van der Waals surface area contributed by atoms with Crippen LogP contribution in [0.4, 0.5) is 0 Å². The molecule has 274 valence electrons. The predicted molar refractivity (Wildman–Crippen MR) is 353 cm³/mol. The van der Waals surface area contributed by atoms with Crippen LogP contribution in [-0.4, -0.2) is 173 Å². The third-order valence-electron chi connectivity index (χ3n) is 17.7. The van der Waals surface area contributed by atoms with Gasteiger partial charge in [-0.1, -0.05) is 89.8 Å². The first kappa shape index (κ1) is 44.8. The van der Waals surface area contributed by atoms with E-state index < -0.39 is 0 Å². The Labute approximate surface area is 391 Å². The average molecular weight is 767 g/mol. The lowest BCUT2D eigenvalue weighted by atomic mass is 9.56. The zero-order chi connectivity index (χ0) is 45.6. The van der Waals surface area contributed by atoms with E-state index >= 15 is 0 Å². The Morgan fingerprint density at radius 3 is 0.613 bits per heavy atom. The highest BCUT2D eigenvalue weighted by Gasteiger charge is 2.29. The molecule has 0 unspecified atom stereocenters. The minimum absolute atomic E-state index is 1.29. The molecule has 62 heavy (non-hydrogen) atoms. The van der Waals surface area contributed by atoms with Crippen molar-refractivity contribution in [2.75, 3.05) is 0 Å². The fourth-order valence-corrected chi connectivity index (χ4v) is 12.0. The topological polar surface area (TPSA) is 0 Å². The SMILES string of the molecule is Bc1c(B)c(B)c2c(-c3ccc(-c4c5c(B)c(B)c(B)c(B)c5c(-c5c(B)c(B)c(B)c6c(B)c(B)c(B)c(B)c56)c5c(B)c(B)c(B)c(B)c45)cc3)c(B)c(B)c(B)c2c1B. The highest BCUT2D eigenvalue weighted by molar-refractivity contribution is 6.76. The van der Waals surface area contributed by atoms with Crippen LogP contribution in [0.3, 0.4) is 0 Å². The second-order valence-electron chi connectivity index (χ2n) is 19.8. The fourth-order valence-electron chi connectivity index (χ4n) is 12.0. The average Bonchev–Trinajstić information content (AvgIpc) is 3.25. The van der Waals surface area contributed by atoms with Crippen LogP contribution in [0.5, 0.6) is 0 Å². The summed E-state index contributed by atoms with van der Waals surface area (Å²) in [5, 5.41) is 11.4. The van der Waals surface area contributed by atoms with Crippen molar-refractivity contribution in [3.8, 4) is 33.4 Å². The molecule has 8 aromatic carbocycles. The molecular weight excluding hydrogens is 718 g/mol. The molecule has 8 aromatic rings. The molecule has 0 radical (unpaired) electrons. The first-order valence-corrected chi connectivity index (χ1v) is 23.1. The summed E-state index contributed by atoms with van der Waals surface area (Å²) in [5.74, 6) is 0. The molecule has 0 N–H and O–H groups in total. The van der Waals surface area contributed by atoms with Gasteiger partial charge >= 0.3 is 0 Å². The van der Waals surface area contributed by atoms with Crippen molar-refractivity contribution in [2.45, 2.75) is 0 Å². The largest absolute Gasteiger partial charge is 0.139 e. The molecule has 0 saturated carbocycles. The van der Waals surface area contributed by atoms with Crippen molar-refractivity contribution < 1.29 is 0 Å². The van der Waals surface area contributed by atoms with E-state index in [0.29, 0.717) is 0 Å². The number of benzene rings is 8. The Morgan fingerprint density at radius 2 is 0.323 bits per heavy atom. The molecular formula is C40H48B22. The summed E-state index contributed by atoms with van der Waals surface area (Å²) in [6.07, 6.45) is 0. The van der Waals surface area contributed by atoms with Crippen molar-refractivity contribution >= 4 is 336 Å². The van der Waals surface area contributed by atoms with Crippen LogP contribution in [0, 0.1) is 0 Å². The lowest BCUT2D eigenvalue weighted by Crippen LogP contribution is -2.53. The van der Waals surface area contributed by atoms with E-state index in [4.69, 9.17) is 0 Å². The molecule has 0 atom stereocenters. The maximum atomic E-state index is 2.46. The Bertz CT molecular complexity index is 3310. The molecule has 8 rings (SSSR count). The van der Waals surface area contributed by atoms with Crippen LogP contribution in [0.25, 0.3) is 76.5 Å². The lowest BCUT2D eigenvalue weighted by molar-refractivity contribution is 1.68. The Kier molecular flexibility index (Phi) is 11.2. The molecule has 0 aromatic heterocycles. The first-order valence-electron chi connectivity index (χ1n) is 23.1. The van der Waals surface area contributed by atoms with Crippen molar-refractivity contribution in [3.05, 3.63) is 24.3 Å². The summed E-state index contributed by atoms with van der Waals surface area (Å²) >= 11 is 0. The van der Waals surface area contributed by atoms with Crippen LogP contribution in [0.1, 0.15) is 0 Å². The highest BCUT2D eigenvalue weighted by Crippen LogP contribution is 2.41. The standard InChI is InChI=1S/C40H48B22/c41-19-8(12-17(27(49)31(19)53)29(51)39(61)35(57)22(12)44)6-3-1-5(2-4-6)7-10-13(24(46)36(58)33(55)20(10)42)9(14-11(7)21(43)34(56)37(59)25(14)47)15-16-18(28(50)32(54)23(15)45)30(52)40(62)38(60)26(16)48/h1-4H,41-62H2. The zero-order valence-electron chi connectivity index (χ0n) is 42.3. The Balaban J connectivity index is 1.61. The predicted octanol–water partition coefficient (Wildman–Crippen LogP) is -27.0. The summed E-state index contributed by atoms with van der Waals surface area (Å²) in [6.45, 7) is 0. The van der Waals surface area contributed by atoms with Crippen molar-refractivity contribution in [1.29, 1.82) is 0 Å². The van der Waals surface area contributed by atoms with Crippen LogP contribution in [0.15, 0.2) is 24.3 Å². The van der Waals surface area contributed by atoms with Gasteiger partial charge in [-0.25, -0.2) is 0 Å². The second-order valence-corrected chi connectivity index (χ2v) is 19.8. The quantitative estimate of drug-likeness (QED) is 0.124. The van der Waals surface area contributed by atoms with E-state index in [1.165, 1.54) is 197 Å². The van der Waals surface area contributed by atoms with Crippen molar-refractivity contribution in [3.63, 3.8) is 0 Å². The monoisotopic (exact) mass is 771 g/mol. The third-order valence-corrected chi connectivity index (χ3v) is 17.7. The molecule has 0 fully saturated rings. The molecule has 22 heteroatoms. The van der Waals surface area contributed by atoms with Gasteiger partial charge in [-0.15, -0.1) is 54.6 Å². The normalized spacial score (nSPS) is 11.7. The molecule has 0 spiro atoms. The van der Waals surface area contributed by atoms with E-state index in [2.05, 4.69) is 197 Å². The lowest BCUT2D eigenvalue weighted by Gasteiger charge is -2.31. The molecule has 0 aliphatic carbocycles. The molecule has 0 nitrogen and oxygen atoms in total. The highest BCUT2D eigenvalue weighted by atomic mass is 14.3. The van der Waals surface area contributed by atoms with Crippen LogP contribution >= 0.6 is 0 Å². The Hall–Kier alpha value is -3.77. The molecule has 0 amide bonds. The molecule has 0 heterocycles. The number of fused-ring (bicyclic) bond motifs is 4. The first-order chi connectivity index (χ1) is 29.0. The van der Waals surface area contributed by atoms with Crippen molar-refractivity contribution in [2.24, 2.45) is 0 Å².